The van der Waals surface area contributed by atoms with Crippen LogP contribution >= 0.6 is 0 Å². The van der Waals surface area contributed by atoms with Crippen molar-refractivity contribution in [1.29, 1.82) is 0 Å². The van der Waals surface area contributed by atoms with Gasteiger partial charge < -0.3 is 20.1 Å². The summed E-state index contributed by atoms with van der Waals surface area (Å²) in [7, 11) is 0. The number of benzene rings is 4. The second-order valence-electron chi connectivity index (χ2n) is 10.4. The minimum Gasteiger partial charge on any atom is -0.493 e. The molecule has 0 aromatic heterocycles. The lowest BCUT2D eigenvalue weighted by Crippen LogP contribution is -2.15. The Morgan fingerprint density at radius 2 is 1.00 bits per heavy atom. The van der Waals surface area contributed by atoms with Gasteiger partial charge in [0.25, 0.3) is 11.8 Å². The highest BCUT2D eigenvalue weighted by atomic mass is 16.5. The predicted molar refractivity (Wildman–Crippen MR) is 171 cm³/mol. The lowest BCUT2D eigenvalue weighted by molar-refractivity contribution is 0.101. The molecule has 42 heavy (non-hydrogen) atoms. The van der Waals surface area contributed by atoms with E-state index in [4.69, 9.17) is 9.47 Å². The standard InChI is InChI=1S/C36H40N2O4/c1-5-7-21-41-33-15-11-9-13-29(33)35(39)37-31-19-17-27(23-25(31)3)28-18-20-32(26(4)24-28)38-36(40)30-14-10-12-16-34(30)42-22-8-6-2/h9-20,23-24H,5-8,21-22H2,1-4H3,(H,37,39)(H,38,40). The number of aryl methyl sites for hydroxylation is 2. The van der Waals surface area contributed by atoms with Crippen molar-refractivity contribution in [1.82, 2.24) is 0 Å². The largest absolute Gasteiger partial charge is 0.493 e. The van der Waals surface area contributed by atoms with Gasteiger partial charge in [-0.1, -0.05) is 63.1 Å². The van der Waals surface area contributed by atoms with E-state index in [0.717, 1.165) is 59.3 Å². The minimum absolute atomic E-state index is 0.203. The zero-order valence-corrected chi connectivity index (χ0v) is 25.0. The molecule has 0 aliphatic carbocycles. The Morgan fingerprint density at radius 3 is 1.38 bits per heavy atom. The fraction of sp³-hybridized carbons (Fsp3) is 0.278. The summed E-state index contributed by atoms with van der Waals surface area (Å²) in [6, 6.07) is 26.6. The first-order valence-corrected chi connectivity index (χ1v) is 14.7. The molecule has 4 aromatic rings. The molecule has 0 aliphatic rings. The molecule has 0 saturated heterocycles. The Hall–Kier alpha value is -4.58. The maximum absolute atomic E-state index is 13.1. The van der Waals surface area contributed by atoms with Crippen LogP contribution in [0.15, 0.2) is 84.9 Å². The van der Waals surface area contributed by atoms with Gasteiger partial charge in [-0.2, -0.15) is 0 Å². The zero-order valence-electron chi connectivity index (χ0n) is 25.0. The maximum atomic E-state index is 13.1. The molecule has 6 nitrogen and oxygen atoms in total. The Labute approximate surface area is 249 Å². The number of ether oxygens (including phenoxy) is 2. The lowest BCUT2D eigenvalue weighted by Gasteiger charge is -2.15. The monoisotopic (exact) mass is 564 g/mol. The molecule has 0 atom stereocenters. The van der Waals surface area contributed by atoms with E-state index in [1.807, 2.05) is 74.5 Å². The van der Waals surface area contributed by atoms with Crippen molar-refractivity contribution in [3.8, 4) is 22.6 Å². The first kappa shape index (κ1) is 30.4. The van der Waals surface area contributed by atoms with E-state index in [0.29, 0.717) is 35.8 Å². The Morgan fingerprint density at radius 1 is 0.595 bits per heavy atom. The molecule has 4 aromatic carbocycles. The van der Waals surface area contributed by atoms with Gasteiger partial charge in [0.05, 0.1) is 24.3 Å². The first-order valence-electron chi connectivity index (χ1n) is 14.7. The molecule has 0 unspecified atom stereocenters. The quantitative estimate of drug-likeness (QED) is 0.159. The number of para-hydroxylation sites is 2. The van der Waals surface area contributed by atoms with Gasteiger partial charge in [-0.15, -0.1) is 0 Å². The summed E-state index contributed by atoms with van der Waals surface area (Å²) in [6.07, 6.45) is 3.93. The topological polar surface area (TPSA) is 76.7 Å². The molecular weight excluding hydrogens is 524 g/mol. The Bertz CT molecular complexity index is 1410. The second-order valence-corrected chi connectivity index (χ2v) is 10.4. The van der Waals surface area contributed by atoms with Gasteiger partial charge in [-0.25, -0.2) is 0 Å². The number of hydrogen-bond acceptors (Lipinski definition) is 4. The summed E-state index contributed by atoms with van der Waals surface area (Å²) in [5, 5.41) is 6.07. The third-order valence-corrected chi connectivity index (χ3v) is 7.06. The number of hydrogen-bond donors (Lipinski definition) is 2. The molecule has 0 spiro atoms. The van der Waals surface area contributed by atoms with E-state index in [2.05, 4.69) is 36.6 Å². The van der Waals surface area contributed by atoms with Gasteiger partial charge in [0, 0.05) is 11.4 Å². The molecule has 218 valence electrons. The number of anilines is 2. The van der Waals surface area contributed by atoms with Crippen molar-refractivity contribution in [2.75, 3.05) is 23.8 Å². The van der Waals surface area contributed by atoms with Gasteiger partial charge in [-0.3, -0.25) is 9.59 Å². The van der Waals surface area contributed by atoms with Crippen molar-refractivity contribution < 1.29 is 19.1 Å². The van der Waals surface area contributed by atoms with Crippen LogP contribution in [0.4, 0.5) is 11.4 Å². The van der Waals surface area contributed by atoms with E-state index >= 15 is 0 Å². The lowest BCUT2D eigenvalue weighted by atomic mass is 9.99. The van der Waals surface area contributed by atoms with E-state index in [1.54, 1.807) is 12.1 Å². The van der Waals surface area contributed by atoms with Gasteiger partial charge >= 0.3 is 0 Å². The normalized spacial score (nSPS) is 10.7. The highest BCUT2D eigenvalue weighted by Gasteiger charge is 2.16. The molecule has 0 fully saturated rings. The van der Waals surface area contributed by atoms with Crippen molar-refractivity contribution in [2.24, 2.45) is 0 Å². The number of amides is 2. The number of carbonyl (C=O) groups is 2. The third-order valence-electron chi connectivity index (χ3n) is 7.06. The van der Waals surface area contributed by atoms with E-state index in [-0.39, 0.29) is 11.8 Å². The van der Waals surface area contributed by atoms with Crippen LogP contribution in [0.3, 0.4) is 0 Å². The van der Waals surface area contributed by atoms with Crippen LogP contribution in [0.5, 0.6) is 11.5 Å². The van der Waals surface area contributed by atoms with Crippen LogP contribution in [0.1, 0.15) is 71.4 Å². The number of nitrogens with one attached hydrogen (secondary N) is 2. The summed E-state index contributed by atoms with van der Waals surface area (Å²) >= 11 is 0. The summed E-state index contributed by atoms with van der Waals surface area (Å²) in [5.74, 6) is 0.776. The zero-order chi connectivity index (χ0) is 29.9. The average Bonchev–Trinajstić information content (AvgIpc) is 3.00. The molecular formula is C36H40N2O4. The molecule has 0 aliphatic heterocycles. The van der Waals surface area contributed by atoms with Gasteiger partial charge in [0.1, 0.15) is 11.5 Å². The molecule has 6 heteroatoms. The maximum Gasteiger partial charge on any atom is 0.259 e. The van der Waals surface area contributed by atoms with Gasteiger partial charge in [-0.05, 0) is 97.5 Å². The molecule has 0 radical (unpaired) electrons. The van der Waals surface area contributed by atoms with Crippen LogP contribution in [-0.4, -0.2) is 25.0 Å². The molecule has 0 bridgehead atoms. The van der Waals surface area contributed by atoms with E-state index < -0.39 is 0 Å². The summed E-state index contributed by atoms with van der Waals surface area (Å²) in [4.78, 5) is 26.2. The van der Waals surface area contributed by atoms with E-state index in [9.17, 15) is 9.59 Å². The molecule has 0 saturated carbocycles. The molecule has 2 N–H and O–H groups in total. The second kappa shape index (κ2) is 14.9. The Kier molecular flexibility index (Phi) is 10.8. The first-order chi connectivity index (χ1) is 20.4. The Balaban J connectivity index is 1.45. The summed E-state index contributed by atoms with van der Waals surface area (Å²) in [5.41, 5.74) is 6.44. The fourth-order valence-electron chi connectivity index (χ4n) is 4.56. The molecule has 2 amide bonds. The average molecular weight is 565 g/mol. The van der Waals surface area contributed by atoms with Gasteiger partial charge in [0.15, 0.2) is 0 Å². The number of unbranched alkanes of at least 4 members (excludes halogenated alkanes) is 2. The highest BCUT2D eigenvalue weighted by molar-refractivity contribution is 6.07. The smallest absolute Gasteiger partial charge is 0.259 e. The van der Waals surface area contributed by atoms with Crippen LogP contribution in [0.2, 0.25) is 0 Å². The molecule has 4 rings (SSSR count). The van der Waals surface area contributed by atoms with Crippen molar-refractivity contribution in [3.05, 3.63) is 107 Å². The van der Waals surface area contributed by atoms with Crippen molar-refractivity contribution in [2.45, 2.75) is 53.4 Å². The van der Waals surface area contributed by atoms with Crippen molar-refractivity contribution >= 4 is 23.2 Å². The van der Waals surface area contributed by atoms with Crippen molar-refractivity contribution in [3.63, 3.8) is 0 Å². The number of rotatable bonds is 13. The summed E-state index contributed by atoms with van der Waals surface area (Å²) < 4.78 is 11.7. The van der Waals surface area contributed by atoms with Crippen LogP contribution < -0.4 is 20.1 Å². The minimum atomic E-state index is -0.203. The highest BCUT2D eigenvalue weighted by Crippen LogP contribution is 2.30. The summed E-state index contributed by atoms with van der Waals surface area (Å²) in [6.45, 7) is 9.32. The SMILES string of the molecule is CCCCOc1ccccc1C(=O)Nc1ccc(-c2ccc(NC(=O)c3ccccc3OCCCC)c(C)c2)cc1C. The fourth-order valence-corrected chi connectivity index (χ4v) is 4.56. The third kappa shape index (κ3) is 7.78. The predicted octanol–water partition coefficient (Wildman–Crippen LogP) is 8.83. The van der Waals surface area contributed by atoms with Gasteiger partial charge in [0.2, 0.25) is 0 Å². The van der Waals surface area contributed by atoms with E-state index in [1.165, 1.54) is 0 Å². The van der Waals surface area contributed by atoms with Crippen LogP contribution in [0.25, 0.3) is 11.1 Å². The molecule has 0 heterocycles. The van der Waals surface area contributed by atoms with Crippen LogP contribution in [-0.2, 0) is 0 Å². The van der Waals surface area contributed by atoms with Crippen LogP contribution in [0, 0.1) is 13.8 Å². The number of carbonyl (C=O) groups excluding carboxylic acids is 2.